The van der Waals surface area contributed by atoms with E-state index in [1.807, 2.05) is 37.3 Å². The lowest BCUT2D eigenvalue weighted by atomic mass is 9.96. The Kier molecular flexibility index (Phi) is 4.73. The van der Waals surface area contributed by atoms with Crippen LogP contribution in [0.15, 0.2) is 30.3 Å². The third kappa shape index (κ3) is 3.36. The lowest BCUT2D eigenvalue weighted by Gasteiger charge is -2.09. The summed E-state index contributed by atoms with van der Waals surface area (Å²) in [5.41, 5.74) is 3.80. The van der Waals surface area contributed by atoms with Gasteiger partial charge in [-0.15, -0.1) is 16.4 Å². The van der Waals surface area contributed by atoms with Crippen LogP contribution in [0.1, 0.15) is 50.6 Å². The number of hydrogen-bond acceptors (Lipinski definition) is 5. The molecule has 0 saturated heterocycles. The third-order valence-corrected chi connectivity index (χ3v) is 6.09. The Morgan fingerprint density at radius 1 is 1.30 bits per heavy atom. The van der Waals surface area contributed by atoms with Crippen LogP contribution in [-0.4, -0.2) is 20.9 Å². The van der Waals surface area contributed by atoms with Crippen LogP contribution < -0.4 is 5.32 Å². The van der Waals surface area contributed by atoms with Crippen molar-refractivity contribution in [1.29, 1.82) is 5.26 Å². The van der Waals surface area contributed by atoms with Gasteiger partial charge >= 0.3 is 0 Å². The number of fused-ring (bicyclic) bond motifs is 1. The minimum atomic E-state index is -0.318. The van der Waals surface area contributed by atoms with Gasteiger partial charge in [0.05, 0.1) is 17.8 Å². The predicted octanol–water partition coefficient (Wildman–Crippen LogP) is 3.70. The molecule has 1 aliphatic rings. The molecule has 2 heterocycles. The number of aryl methyl sites for hydroxylation is 1. The van der Waals surface area contributed by atoms with Gasteiger partial charge in [-0.2, -0.15) is 5.26 Å². The predicted molar refractivity (Wildman–Crippen MR) is 104 cm³/mol. The summed E-state index contributed by atoms with van der Waals surface area (Å²) in [4.78, 5) is 14.0. The summed E-state index contributed by atoms with van der Waals surface area (Å²) >= 11 is 1.52. The number of nitrogens with zero attached hydrogens (tertiary/aromatic N) is 4. The number of carbonyl (C=O) groups is 1. The van der Waals surface area contributed by atoms with Crippen LogP contribution in [0.2, 0.25) is 0 Å². The fourth-order valence-corrected chi connectivity index (χ4v) is 4.65. The molecule has 3 aromatic rings. The third-order valence-electron chi connectivity index (χ3n) is 4.88. The number of nitrogens with one attached hydrogen (secondary N) is 1. The molecule has 1 amide bonds. The van der Waals surface area contributed by atoms with Gasteiger partial charge in [0.1, 0.15) is 11.1 Å². The average molecular weight is 377 g/mol. The van der Waals surface area contributed by atoms with E-state index in [0.29, 0.717) is 28.5 Å². The molecule has 7 heteroatoms. The summed E-state index contributed by atoms with van der Waals surface area (Å²) in [5.74, 6) is -0.318. The number of nitriles is 1. The zero-order chi connectivity index (χ0) is 18.8. The largest absolute Gasteiger partial charge is 0.311 e. The maximum Gasteiger partial charge on any atom is 0.278 e. The Balaban J connectivity index is 1.56. The van der Waals surface area contributed by atoms with E-state index in [4.69, 9.17) is 0 Å². The van der Waals surface area contributed by atoms with Gasteiger partial charge in [-0.3, -0.25) is 4.79 Å². The first-order valence-electron chi connectivity index (χ1n) is 8.97. The van der Waals surface area contributed by atoms with Gasteiger partial charge in [-0.25, -0.2) is 4.68 Å². The van der Waals surface area contributed by atoms with Crippen LogP contribution in [0.25, 0.3) is 0 Å². The Hall–Kier alpha value is -2.98. The Morgan fingerprint density at radius 2 is 2.07 bits per heavy atom. The van der Waals surface area contributed by atoms with Crippen molar-refractivity contribution in [2.75, 3.05) is 5.32 Å². The molecule has 0 aliphatic heterocycles. The maximum absolute atomic E-state index is 12.8. The van der Waals surface area contributed by atoms with E-state index < -0.39 is 0 Å². The molecule has 0 saturated carbocycles. The molecule has 136 valence electrons. The zero-order valence-electron chi connectivity index (χ0n) is 15.0. The quantitative estimate of drug-likeness (QED) is 0.751. The van der Waals surface area contributed by atoms with Crippen LogP contribution in [0.4, 0.5) is 5.00 Å². The standard InChI is InChI=1S/C20H19N5OS/c1-13-18(23-24-25(13)12-14-7-3-2-4-8-14)19(26)22-20-16(11-21)15-9-5-6-10-17(15)27-20/h2-4,7-8H,5-6,9-10,12H2,1H3,(H,22,26). The van der Waals surface area contributed by atoms with Crippen molar-refractivity contribution < 1.29 is 4.79 Å². The number of benzene rings is 1. The molecule has 0 spiro atoms. The van der Waals surface area contributed by atoms with Gasteiger partial charge in [-0.05, 0) is 43.7 Å². The lowest BCUT2D eigenvalue weighted by molar-refractivity contribution is 0.102. The molecule has 1 aliphatic carbocycles. The minimum absolute atomic E-state index is 0.293. The van der Waals surface area contributed by atoms with Crippen LogP contribution >= 0.6 is 11.3 Å². The van der Waals surface area contributed by atoms with Gasteiger partial charge in [-0.1, -0.05) is 35.5 Å². The van der Waals surface area contributed by atoms with E-state index in [2.05, 4.69) is 21.7 Å². The Bertz CT molecular complexity index is 1030. The highest BCUT2D eigenvalue weighted by atomic mass is 32.1. The summed E-state index contributed by atoms with van der Waals surface area (Å²) in [6, 6.07) is 12.2. The number of amides is 1. The van der Waals surface area contributed by atoms with Crippen molar-refractivity contribution in [3.63, 3.8) is 0 Å². The summed E-state index contributed by atoms with van der Waals surface area (Å²) in [6.07, 6.45) is 4.13. The van der Waals surface area contributed by atoms with Crippen molar-refractivity contribution in [3.05, 3.63) is 63.3 Å². The highest BCUT2D eigenvalue weighted by Crippen LogP contribution is 2.37. The molecular formula is C20H19N5OS. The van der Waals surface area contributed by atoms with E-state index in [0.717, 1.165) is 36.8 Å². The molecule has 1 aromatic carbocycles. The highest BCUT2D eigenvalue weighted by Gasteiger charge is 2.24. The van der Waals surface area contributed by atoms with Crippen LogP contribution in [0.3, 0.4) is 0 Å². The second-order valence-electron chi connectivity index (χ2n) is 6.65. The molecule has 0 bridgehead atoms. The summed E-state index contributed by atoms with van der Waals surface area (Å²) in [7, 11) is 0. The second-order valence-corrected chi connectivity index (χ2v) is 7.75. The SMILES string of the molecule is Cc1c(C(=O)Nc2sc3c(c2C#N)CCCC3)nnn1Cc1ccccc1. The number of carbonyl (C=O) groups excluding carboxylic acids is 1. The first-order valence-corrected chi connectivity index (χ1v) is 9.79. The summed E-state index contributed by atoms with van der Waals surface area (Å²) in [6.45, 7) is 2.40. The Morgan fingerprint density at radius 3 is 2.85 bits per heavy atom. The highest BCUT2D eigenvalue weighted by molar-refractivity contribution is 7.16. The van der Waals surface area contributed by atoms with E-state index in [-0.39, 0.29) is 5.91 Å². The van der Waals surface area contributed by atoms with Crippen LogP contribution in [-0.2, 0) is 19.4 Å². The molecule has 27 heavy (non-hydrogen) atoms. The molecule has 0 unspecified atom stereocenters. The van der Waals surface area contributed by atoms with E-state index in [1.165, 1.54) is 16.2 Å². The smallest absolute Gasteiger partial charge is 0.278 e. The van der Waals surface area contributed by atoms with Gasteiger partial charge in [0.15, 0.2) is 5.69 Å². The normalized spacial score (nSPS) is 13.0. The molecule has 1 N–H and O–H groups in total. The molecule has 4 rings (SSSR count). The molecule has 2 aromatic heterocycles. The number of aromatic nitrogens is 3. The first-order chi connectivity index (χ1) is 13.2. The molecule has 6 nitrogen and oxygen atoms in total. The molecule has 0 atom stereocenters. The van der Waals surface area contributed by atoms with Crippen molar-refractivity contribution in [2.24, 2.45) is 0 Å². The van der Waals surface area contributed by atoms with Crippen molar-refractivity contribution in [2.45, 2.75) is 39.2 Å². The summed E-state index contributed by atoms with van der Waals surface area (Å²) < 4.78 is 1.72. The fourth-order valence-electron chi connectivity index (χ4n) is 3.41. The van der Waals surface area contributed by atoms with Crippen molar-refractivity contribution >= 4 is 22.2 Å². The van der Waals surface area contributed by atoms with E-state index >= 15 is 0 Å². The molecule has 0 fully saturated rings. The number of anilines is 1. The van der Waals surface area contributed by atoms with Gasteiger partial charge < -0.3 is 5.32 Å². The van der Waals surface area contributed by atoms with Gasteiger partial charge in [0.25, 0.3) is 5.91 Å². The average Bonchev–Trinajstić information content (AvgIpc) is 3.22. The summed E-state index contributed by atoms with van der Waals surface area (Å²) in [5, 5.41) is 21.3. The van der Waals surface area contributed by atoms with E-state index in [1.54, 1.807) is 4.68 Å². The van der Waals surface area contributed by atoms with Gasteiger partial charge in [0.2, 0.25) is 0 Å². The number of rotatable bonds is 4. The van der Waals surface area contributed by atoms with E-state index in [9.17, 15) is 10.1 Å². The molecular weight excluding hydrogens is 358 g/mol. The first kappa shape index (κ1) is 17.4. The monoisotopic (exact) mass is 377 g/mol. The number of thiophene rings is 1. The van der Waals surface area contributed by atoms with Crippen molar-refractivity contribution in [1.82, 2.24) is 15.0 Å². The van der Waals surface area contributed by atoms with Gasteiger partial charge in [0, 0.05) is 4.88 Å². The topological polar surface area (TPSA) is 83.6 Å². The van der Waals surface area contributed by atoms with Crippen LogP contribution in [0.5, 0.6) is 0 Å². The Labute approximate surface area is 161 Å². The number of hydrogen-bond donors (Lipinski definition) is 1. The fraction of sp³-hybridized carbons (Fsp3) is 0.300. The second kappa shape index (κ2) is 7.33. The van der Waals surface area contributed by atoms with Crippen molar-refractivity contribution in [3.8, 4) is 6.07 Å². The minimum Gasteiger partial charge on any atom is -0.311 e. The zero-order valence-corrected chi connectivity index (χ0v) is 15.8. The maximum atomic E-state index is 12.8. The lowest BCUT2D eigenvalue weighted by Crippen LogP contribution is -2.14. The van der Waals surface area contributed by atoms with Crippen LogP contribution in [0, 0.1) is 18.3 Å². The molecule has 0 radical (unpaired) electrons.